The van der Waals surface area contributed by atoms with Crippen LogP contribution in [0.25, 0.3) is 10.8 Å². The van der Waals surface area contributed by atoms with Gasteiger partial charge in [-0.25, -0.2) is 0 Å². The zero-order chi connectivity index (χ0) is 13.9. The van der Waals surface area contributed by atoms with Gasteiger partial charge in [-0.1, -0.05) is 72.8 Å². The van der Waals surface area contributed by atoms with Gasteiger partial charge in [0.05, 0.1) is 5.92 Å². The third-order valence-electron chi connectivity index (χ3n) is 3.67. The van der Waals surface area contributed by atoms with E-state index in [1.165, 1.54) is 5.39 Å². The maximum atomic E-state index is 12.2. The fourth-order valence-corrected chi connectivity index (χ4v) is 2.78. The molecule has 1 unspecified atom stereocenters. The van der Waals surface area contributed by atoms with E-state index in [4.69, 9.17) is 0 Å². The summed E-state index contributed by atoms with van der Waals surface area (Å²) in [5, 5.41) is 2.33. The van der Waals surface area contributed by atoms with Gasteiger partial charge in [0.1, 0.15) is 5.78 Å². The van der Waals surface area contributed by atoms with Gasteiger partial charge < -0.3 is 0 Å². The number of ketones is 1. The molecule has 0 heterocycles. The molecule has 1 heteroatoms. The first kappa shape index (κ1) is 12.6. The second-order valence-electron chi connectivity index (χ2n) is 5.02. The molecule has 1 nitrogen and oxygen atoms in total. The molecule has 0 bridgehead atoms. The highest BCUT2D eigenvalue weighted by molar-refractivity contribution is 5.94. The number of rotatable bonds is 3. The molecule has 1 atom stereocenters. The molecule has 0 spiro atoms. The zero-order valence-electron chi connectivity index (χ0n) is 11.4. The summed E-state index contributed by atoms with van der Waals surface area (Å²) in [6, 6.07) is 24.4. The van der Waals surface area contributed by atoms with Gasteiger partial charge in [-0.3, -0.25) is 4.79 Å². The van der Waals surface area contributed by atoms with Gasteiger partial charge in [0.2, 0.25) is 0 Å². The number of fused-ring (bicyclic) bond motifs is 1. The molecule has 0 fully saturated rings. The molecule has 0 aliphatic carbocycles. The van der Waals surface area contributed by atoms with Crippen molar-refractivity contribution in [3.8, 4) is 0 Å². The van der Waals surface area contributed by atoms with E-state index in [1.807, 2.05) is 48.5 Å². The molecule has 0 aliphatic rings. The molecule has 98 valence electrons. The van der Waals surface area contributed by atoms with Crippen LogP contribution in [0.4, 0.5) is 0 Å². The van der Waals surface area contributed by atoms with Crippen molar-refractivity contribution in [3.63, 3.8) is 0 Å². The molecule has 0 N–H and O–H groups in total. The minimum atomic E-state index is -0.192. The standard InChI is InChI=1S/C19H16O/c1-14(20)19(16-9-3-2-4-10-16)18-13-7-11-15-8-5-6-12-17(15)18/h2-13,19H,1H3. The molecule has 0 aliphatic heterocycles. The van der Waals surface area contributed by atoms with Gasteiger partial charge in [0.15, 0.2) is 0 Å². The Morgan fingerprint density at radius 3 is 2.20 bits per heavy atom. The maximum Gasteiger partial charge on any atom is 0.141 e. The van der Waals surface area contributed by atoms with Crippen LogP contribution in [0, 0.1) is 0 Å². The first-order valence-electron chi connectivity index (χ1n) is 6.80. The molecule has 0 amide bonds. The molecule has 0 saturated heterocycles. The summed E-state index contributed by atoms with van der Waals surface area (Å²) < 4.78 is 0. The smallest absolute Gasteiger partial charge is 0.141 e. The Labute approximate surface area is 118 Å². The van der Waals surface area contributed by atoms with Crippen molar-refractivity contribution in [3.05, 3.63) is 83.9 Å². The SMILES string of the molecule is CC(=O)C(c1ccccc1)c1cccc2ccccc12. The van der Waals surface area contributed by atoms with Gasteiger partial charge in [0.25, 0.3) is 0 Å². The van der Waals surface area contributed by atoms with Crippen molar-refractivity contribution in [2.24, 2.45) is 0 Å². The van der Waals surface area contributed by atoms with Crippen molar-refractivity contribution in [2.75, 3.05) is 0 Å². The van der Waals surface area contributed by atoms with Gasteiger partial charge in [-0.15, -0.1) is 0 Å². The fraction of sp³-hybridized carbons (Fsp3) is 0.105. The largest absolute Gasteiger partial charge is 0.299 e. The monoisotopic (exact) mass is 260 g/mol. The predicted molar refractivity (Wildman–Crippen MR) is 82.9 cm³/mol. The molecule has 0 radical (unpaired) electrons. The van der Waals surface area contributed by atoms with Gasteiger partial charge in [-0.05, 0) is 28.8 Å². The highest BCUT2D eigenvalue weighted by Gasteiger charge is 2.20. The highest BCUT2D eigenvalue weighted by atomic mass is 16.1. The lowest BCUT2D eigenvalue weighted by Gasteiger charge is -2.17. The Kier molecular flexibility index (Phi) is 3.34. The molecular formula is C19H16O. The maximum absolute atomic E-state index is 12.2. The van der Waals surface area contributed by atoms with Crippen molar-refractivity contribution in [1.82, 2.24) is 0 Å². The van der Waals surface area contributed by atoms with Gasteiger partial charge in [0, 0.05) is 0 Å². The van der Waals surface area contributed by atoms with Crippen LogP contribution in [0.2, 0.25) is 0 Å². The van der Waals surface area contributed by atoms with Crippen LogP contribution in [0.5, 0.6) is 0 Å². The average molecular weight is 260 g/mol. The second-order valence-corrected chi connectivity index (χ2v) is 5.02. The van der Waals surface area contributed by atoms with Crippen molar-refractivity contribution < 1.29 is 4.79 Å². The number of carbonyl (C=O) groups excluding carboxylic acids is 1. The topological polar surface area (TPSA) is 17.1 Å². The summed E-state index contributed by atoms with van der Waals surface area (Å²) in [7, 11) is 0. The summed E-state index contributed by atoms with van der Waals surface area (Å²) >= 11 is 0. The van der Waals surface area contributed by atoms with E-state index in [1.54, 1.807) is 6.92 Å². The normalized spacial score (nSPS) is 12.2. The third kappa shape index (κ3) is 2.23. The van der Waals surface area contributed by atoms with Crippen LogP contribution in [-0.4, -0.2) is 5.78 Å². The quantitative estimate of drug-likeness (QED) is 0.674. The van der Waals surface area contributed by atoms with Gasteiger partial charge in [-0.2, -0.15) is 0 Å². The van der Waals surface area contributed by atoms with E-state index in [0.29, 0.717) is 0 Å². The lowest BCUT2D eigenvalue weighted by atomic mass is 9.85. The van der Waals surface area contributed by atoms with Crippen LogP contribution in [0.3, 0.4) is 0 Å². The van der Waals surface area contributed by atoms with Crippen LogP contribution in [0.15, 0.2) is 72.8 Å². The molecule has 0 aromatic heterocycles. The second kappa shape index (κ2) is 5.30. The van der Waals surface area contributed by atoms with Crippen molar-refractivity contribution in [2.45, 2.75) is 12.8 Å². The molecule has 3 aromatic rings. The Morgan fingerprint density at radius 1 is 0.800 bits per heavy atom. The van der Waals surface area contributed by atoms with Crippen molar-refractivity contribution in [1.29, 1.82) is 0 Å². The Hall–Kier alpha value is -2.41. The summed E-state index contributed by atoms with van der Waals surface area (Å²) in [6.07, 6.45) is 0. The predicted octanol–water partition coefficient (Wildman–Crippen LogP) is 4.56. The molecule has 20 heavy (non-hydrogen) atoms. The molecule has 0 saturated carbocycles. The van der Waals surface area contributed by atoms with Crippen LogP contribution < -0.4 is 0 Å². The van der Waals surface area contributed by atoms with E-state index in [9.17, 15) is 4.79 Å². The number of hydrogen-bond acceptors (Lipinski definition) is 1. The minimum absolute atomic E-state index is 0.174. The lowest BCUT2D eigenvalue weighted by Crippen LogP contribution is -2.10. The summed E-state index contributed by atoms with van der Waals surface area (Å²) in [6.45, 7) is 1.67. The van der Waals surface area contributed by atoms with E-state index in [2.05, 4.69) is 24.3 Å². The lowest BCUT2D eigenvalue weighted by molar-refractivity contribution is -0.117. The van der Waals surface area contributed by atoms with E-state index >= 15 is 0 Å². The molecule has 3 rings (SSSR count). The van der Waals surface area contributed by atoms with Crippen LogP contribution in [-0.2, 0) is 4.79 Å². The first-order chi connectivity index (χ1) is 9.77. The van der Waals surface area contributed by atoms with Crippen molar-refractivity contribution >= 4 is 16.6 Å². The van der Waals surface area contributed by atoms with E-state index in [-0.39, 0.29) is 11.7 Å². The fourth-order valence-electron chi connectivity index (χ4n) is 2.78. The number of carbonyl (C=O) groups is 1. The Balaban J connectivity index is 2.23. The van der Waals surface area contributed by atoms with Crippen LogP contribution >= 0.6 is 0 Å². The number of benzene rings is 3. The summed E-state index contributed by atoms with van der Waals surface area (Å²) in [5.74, 6) is -0.0187. The molecular weight excluding hydrogens is 244 g/mol. The van der Waals surface area contributed by atoms with Gasteiger partial charge >= 0.3 is 0 Å². The highest BCUT2D eigenvalue weighted by Crippen LogP contribution is 2.31. The number of hydrogen-bond donors (Lipinski definition) is 0. The summed E-state index contributed by atoms with van der Waals surface area (Å²) in [5.41, 5.74) is 2.14. The first-order valence-corrected chi connectivity index (χ1v) is 6.80. The third-order valence-corrected chi connectivity index (χ3v) is 3.67. The van der Waals surface area contributed by atoms with E-state index < -0.39 is 0 Å². The Morgan fingerprint density at radius 2 is 1.45 bits per heavy atom. The van der Waals surface area contributed by atoms with E-state index in [0.717, 1.165) is 16.5 Å². The minimum Gasteiger partial charge on any atom is -0.299 e. The number of Topliss-reactive ketones (excluding diaryl/α,β-unsaturated/α-hetero) is 1. The average Bonchev–Trinajstić information content (AvgIpc) is 2.48. The Bertz CT molecular complexity index is 739. The summed E-state index contributed by atoms with van der Waals surface area (Å²) in [4.78, 5) is 12.2. The van der Waals surface area contributed by atoms with Crippen LogP contribution in [0.1, 0.15) is 24.0 Å². The molecule has 3 aromatic carbocycles. The zero-order valence-corrected chi connectivity index (χ0v) is 11.4.